The Bertz CT molecular complexity index is 217. The lowest BCUT2D eigenvalue weighted by molar-refractivity contribution is -0.139. The summed E-state index contributed by atoms with van der Waals surface area (Å²) in [5, 5.41) is 5.33. The summed E-state index contributed by atoms with van der Waals surface area (Å²) < 4.78 is 35.8. The highest BCUT2D eigenvalue weighted by Crippen LogP contribution is 2.21. The largest absolute Gasteiger partial charge is 0.390 e. The third kappa shape index (κ3) is 9.76. The van der Waals surface area contributed by atoms with Gasteiger partial charge < -0.3 is 10.6 Å². The minimum Gasteiger partial charge on any atom is -0.354 e. The smallest absolute Gasteiger partial charge is 0.354 e. The Morgan fingerprint density at radius 2 is 1.81 bits per heavy atom. The first-order chi connectivity index (χ1) is 7.20. The van der Waals surface area contributed by atoms with Crippen LogP contribution in [0.4, 0.5) is 13.2 Å². The first kappa shape index (κ1) is 15.2. The normalized spacial score (nSPS) is 13.9. The van der Waals surface area contributed by atoms with Crippen molar-refractivity contribution in [3.63, 3.8) is 0 Å². The number of alkyl halides is 3. The van der Waals surface area contributed by atoms with Crippen molar-refractivity contribution < 1.29 is 18.0 Å². The van der Waals surface area contributed by atoms with Crippen LogP contribution in [0, 0.1) is 0 Å². The third-order valence-electron chi connectivity index (χ3n) is 1.83. The number of halogens is 3. The molecule has 0 aliphatic rings. The average molecular weight is 240 g/mol. The van der Waals surface area contributed by atoms with Gasteiger partial charge in [0.15, 0.2) is 0 Å². The van der Waals surface area contributed by atoms with Gasteiger partial charge in [0.1, 0.15) is 0 Å². The molecule has 0 radical (unpaired) electrons. The van der Waals surface area contributed by atoms with Gasteiger partial charge in [-0.25, -0.2) is 0 Å². The van der Waals surface area contributed by atoms with Crippen LogP contribution in [-0.2, 0) is 4.79 Å². The van der Waals surface area contributed by atoms with Crippen LogP contribution in [0.1, 0.15) is 33.6 Å². The van der Waals surface area contributed by atoms with Crippen LogP contribution in [-0.4, -0.2) is 30.7 Å². The maximum atomic E-state index is 11.9. The van der Waals surface area contributed by atoms with Gasteiger partial charge in [-0.3, -0.25) is 4.79 Å². The van der Waals surface area contributed by atoms with Crippen LogP contribution in [0.2, 0.25) is 0 Å². The zero-order valence-electron chi connectivity index (χ0n) is 9.82. The molecule has 3 nitrogen and oxygen atoms in total. The number of rotatable bonds is 6. The van der Waals surface area contributed by atoms with E-state index in [2.05, 4.69) is 10.6 Å². The molecule has 0 rings (SSSR count). The van der Waals surface area contributed by atoms with E-state index >= 15 is 0 Å². The highest BCUT2D eigenvalue weighted by atomic mass is 19.4. The summed E-state index contributed by atoms with van der Waals surface area (Å²) in [5.41, 5.74) is 0. The summed E-state index contributed by atoms with van der Waals surface area (Å²) in [4.78, 5) is 11.1. The molecule has 0 aromatic carbocycles. The molecule has 0 heterocycles. The summed E-state index contributed by atoms with van der Waals surface area (Å²) >= 11 is 0. The minimum atomic E-state index is -4.16. The van der Waals surface area contributed by atoms with Gasteiger partial charge in [0.2, 0.25) is 5.91 Å². The summed E-state index contributed by atoms with van der Waals surface area (Å²) in [6, 6.07) is -0.605. The molecule has 96 valence electrons. The van der Waals surface area contributed by atoms with E-state index in [0.717, 1.165) is 0 Å². The Labute approximate surface area is 93.8 Å². The molecule has 1 unspecified atom stereocenters. The van der Waals surface area contributed by atoms with E-state index in [4.69, 9.17) is 0 Å². The van der Waals surface area contributed by atoms with Crippen molar-refractivity contribution in [3.8, 4) is 0 Å². The molecular formula is C10H19F3N2O. The van der Waals surface area contributed by atoms with Crippen molar-refractivity contribution in [2.24, 2.45) is 0 Å². The predicted octanol–water partition coefficient (Wildman–Crippen LogP) is 1.83. The highest BCUT2D eigenvalue weighted by Gasteiger charge is 2.29. The van der Waals surface area contributed by atoms with Crippen LogP contribution in [0.5, 0.6) is 0 Å². The number of hydrogen-bond donors (Lipinski definition) is 2. The first-order valence-corrected chi connectivity index (χ1v) is 5.30. The first-order valence-electron chi connectivity index (χ1n) is 5.30. The molecule has 1 amide bonds. The van der Waals surface area contributed by atoms with E-state index in [1.807, 2.05) is 13.8 Å². The van der Waals surface area contributed by atoms with Crippen LogP contribution in [0.25, 0.3) is 0 Å². The second kappa shape index (κ2) is 6.73. The van der Waals surface area contributed by atoms with Crippen molar-refractivity contribution >= 4 is 5.91 Å². The van der Waals surface area contributed by atoms with Gasteiger partial charge >= 0.3 is 6.18 Å². The summed E-state index contributed by atoms with van der Waals surface area (Å²) in [6.45, 7) is 5.37. The number of hydrogen-bond acceptors (Lipinski definition) is 2. The molecule has 0 aliphatic carbocycles. The van der Waals surface area contributed by atoms with E-state index in [0.29, 0.717) is 0 Å². The summed E-state index contributed by atoms with van der Waals surface area (Å²) in [5.74, 6) is -0.151. The topological polar surface area (TPSA) is 41.1 Å². The molecular weight excluding hydrogens is 221 g/mol. The monoisotopic (exact) mass is 240 g/mol. The lowest BCUT2D eigenvalue weighted by Crippen LogP contribution is -2.36. The van der Waals surface area contributed by atoms with Gasteiger partial charge in [0.25, 0.3) is 0 Å². The Morgan fingerprint density at radius 3 is 2.25 bits per heavy atom. The van der Waals surface area contributed by atoms with Gasteiger partial charge in [-0.15, -0.1) is 0 Å². The average Bonchev–Trinajstić information content (AvgIpc) is 1.98. The van der Waals surface area contributed by atoms with Crippen molar-refractivity contribution in [1.29, 1.82) is 0 Å². The zero-order valence-corrected chi connectivity index (χ0v) is 9.82. The van der Waals surface area contributed by atoms with Crippen molar-refractivity contribution in [3.05, 3.63) is 0 Å². The highest BCUT2D eigenvalue weighted by molar-refractivity contribution is 5.76. The molecule has 0 aromatic rings. The molecule has 16 heavy (non-hydrogen) atoms. The molecule has 0 spiro atoms. The fourth-order valence-corrected chi connectivity index (χ4v) is 1.25. The lowest BCUT2D eigenvalue weighted by atomic mass is 10.2. The zero-order chi connectivity index (χ0) is 12.8. The maximum Gasteiger partial charge on any atom is 0.390 e. The van der Waals surface area contributed by atoms with E-state index in [-0.39, 0.29) is 24.9 Å². The number of carbonyl (C=O) groups is 1. The number of nitrogens with one attached hydrogen (secondary N) is 2. The predicted molar refractivity (Wildman–Crippen MR) is 56.0 cm³/mol. The van der Waals surface area contributed by atoms with Gasteiger partial charge in [-0.1, -0.05) is 0 Å². The van der Waals surface area contributed by atoms with Crippen molar-refractivity contribution in [1.82, 2.24) is 10.6 Å². The molecule has 0 bridgehead atoms. The Kier molecular flexibility index (Phi) is 6.40. The molecule has 1 atom stereocenters. The van der Waals surface area contributed by atoms with E-state index in [1.54, 1.807) is 0 Å². The Hall–Kier alpha value is -0.780. The minimum absolute atomic E-state index is 0.0556. The van der Waals surface area contributed by atoms with Gasteiger partial charge in [0.05, 0.1) is 6.42 Å². The van der Waals surface area contributed by atoms with Gasteiger partial charge in [-0.05, 0) is 20.8 Å². The van der Waals surface area contributed by atoms with Crippen LogP contribution < -0.4 is 10.6 Å². The lowest BCUT2D eigenvalue weighted by Gasteiger charge is -2.15. The number of amides is 1. The van der Waals surface area contributed by atoms with Crippen LogP contribution >= 0.6 is 0 Å². The van der Waals surface area contributed by atoms with Gasteiger partial charge in [0, 0.05) is 25.0 Å². The van der Waals surface area contributed by atoms with Crippen molar-refractivity contribution in [2.75, 3.05) is 6.54 Å². The standard InChI is InChI=1S/C10H19F3N2O/c1-7(2)15-9(16)4-5-14-8(3)6-10(11,12)13/h7-8,14H,4-6H2,1-3H3,(H,15,16). The van der Waals surface area contributed by atoms with Crippen LogP contribution in [0.15, 0.2) is 0 Å². The Balaban J connectivity index is 3.62. The second-order valence-electron chi connectivity index (χ2n) is 4.15. The van der Waals surface area contributed by atoms with Crippen LogP contribution in [0.3, 0.4) is 0 Å². The number of carbonyl (C=O) groups excluding carboxylic acids is 1. The van der Waals surface area contributed by atoms with E-state index in [1.165, 1.54) is 6.92 Å². The maximum absolute atomic E-state index is 11.9. The molecule has 2 N–H and O–H groups in total. The fourth-order valence-electron chi connectivity index (χ4n) is 1.25. The van der Waals surface area contributed by atoms with E-state index in [9.17, 15) is 18.0 Å². The van der Waals surface area contributed by atoms with E-state index < -0.39 is 18.6 Å². The molecule has 0 saturated carbocycles. The fraction of sp³-hybridized carbons (Fsp3) is 0.900. The summed E-state index contributed by atoms with van der Waals surface area (Å²) in [6.07, 6.45) is -4.84. The van der Waals surface area contributed by atoms with Gasteiger partial charge in [-0.2, -0.15) is 13.2 Å². The molecule has 0 saturated heterocycles. The quantitative estimate of drug-likeness (QED) is 0.743. The molecule has 0 aliphatic heterocycles. The third-order valence-corrected chi connectivity index (χ3v) is 1.83. The summed E-state index contributed by atoms with van der Waals surface area (Å²) in [7, 11) is 0. The SMILES string of the molecule is CC(C)NC(=O)CCNC(C)CC(F)(F)F. The Morgan fingerprint density at radius 1 is 1.25 bits per heavy atom. The second-order valence-corrected chi connectivity index (χ2v) is 4.15. The molecule has 0 fully saturated rings. The van der Waals surface area contributed by atoms with Crippen molar-refractivity contribution in [2.45, 2.75) is 51.9 Å². The molecule has 6 heteroatoms. The molecule has 0 aromatic heterocycles.